The number of rotatable bonds is 4. The van der Waals surface area contributed by atoms with Crippen molar-refractivity contribution in [3.05, 3.63) is 48.0 Å². The molecule has 1 unspecified atom stereocenters. The number of hydrogen-bond donors (Lipinski definition) is 0. The first kappa shape index (κ1) is 23.4. The highest BCUT2D eigenvalue weighted by Gasteiger charge is 2.52. The number of amides is 2. The van der Waals surface area contributed by atoms with Crippen LogP contribution in [0.3, 0.4) is 0 Å². The number of carbonyl (C=O) groups is 2. The molecule has 0 radical (unpaired) electrons. The summed E-state index contributed by atoms with van der Waals surface area (Å²) < 4.78 is 12.4. The van der Waals surface area contributed by atoms with Crippen LogP contribution < -0.4 is 0 Å². The number of carbonyl (C=O) groups excluding carboxylic acids is 2. The maximum absolute atomic E-state index is 12.9. The lowest BCUT2D eigenvalue weighted by molar-refractivity contribution is -0.129. The van der Waals surface area contributed by atoms with Gasteiger partial charge in [-0.15, -0.1) is 0 Å². The summed E-state index contributed by atoms with van der Waals surface area (Å²) in [6.45, 7) is 18.2. The van der Waals surface area contributed by atoms with Gasteiger partial charge in [-0.1, -0.05) is 57.2 Å². The topological polar surface area (TPSA) is 55.8 Å². The van der Waals surface area contributed by atoms with Gasteiger partial charge in [-0.25, -0.2) is 9.69 Å². The molecule has 1 aromatic rings. The number of imide groups is 1. The van der Waals surface area contributed by atoms with Crippen LogP contribution in [0.15, 0.2) is 42.5 Å². The SMILES string of the molecule is CC(C)(C)OC(=O)N1C(=O)C=CC1[C@@](C)(O[Si](C)(C)C(C)(C)C)c1ccccc1. The highest BCUT2D eigenvalue weighted by Crippen LogP contribution is 2.45. The van der Waals surface area contributed by atoms with Crippen LogP contribution in [0, 0.1) is 0 Å². The van der Waals surface area contributed by atoms with Crippen molar-refractivity contribution >= 4 is 20.3 Å². The van der Waals surface area contributed by atoms with Crippen molar-refractivity contribution in [1.29, 1.82) is 0 Å². The molecule has 0 N–H and O–H groups in total. The Labute approximate surface area is 176 Å². The fourth-order valence-electron chi connectivity index (χ4n) is 3.16. The van der Waals surface area contributed by atoms with Gasteiger partial charge in [-0.2, -0.15) is 0 Å². The predicted molar refractivity (Wildman–Crippen MR) is 118 cm³/mol. The van der Waals surface area contributed by atoms with Crippen LogP contribution in [-0.2, 0) is 19.6 Å². The van der Waals surface area contributed by atoms with Gasteiger partial charge >= 0.3 is 6.09 Å². The fraction of sp³-hybridized carbons (Fsp3) is 0.565. The lowest BCUT2D eigenvalue weighted by atomic mass is 9.88. The molecule has 160 valence electrons. The van der Waals surface area contributed by atoms with Crippen LogP contribution in [0.1, 0.15) is 54.0 Å². The number of ether oxygens (including phenoxy) is 1. The molecule has 29 heavy (non-hydrogen) atoms. The largest absolute Gasteiger partial charge is 0.443 e. The van der Waals surface area contributed by atoms with E-state index in [0.29, 0.717) is 0 Å². The molecule has 5 nitrogen and oxygen atoms in total. The Morgan fingerprint density at radius 3 is 2.03 bits per heavy atom. The van der Waals surface area contributed by atoms with Crippen molar-refractivity contribution in [3.8, 4) is 0 Å². The van der Waals surface area contributed by atoms with E-state index in [4.69, 9.17) is 9.16 Å². The van der Waals surface area contributed by atoms with Gasteiger partial charge in [0.2, 0.25) is 0 Å². The van der Waals surface area contributed by atoms with E-state index in [1.54, 1.807) is 26.8 Å². The molecule has 2 atom stereocenters. The molecular weight excluding hydrogens is 382 g/mol. The molecule has 0 bridgehead atoms. The Kier molecular flexibility index (Phi) is 6.22. The van der Waals surface area contributed by atoms with Crippen molar-refractivity contribution in [3.63, 3.8) is 0 Å². The minimum atomic E-state index is -2.25. The summed E-state index contributed by atoms with van der Waals surface area (Å²) in [6, 6.07) is 9.20. The summed E-state index contributed by atoms with van der Waals surface area (Å²) in [5.41, 5.74) is -0.680. The average molecular weight is 418 g/mol. The highest BCUT2D eigenvalue weighted by atomic mass is 28.4. The highest BCUT2D eigenvalue weighted by molar-refractivity contribution is 6.74. The Hall–Kier alpha value is -1.92. The second-order valence-corrected chi connectivity index (χ2v) is 15.1. The first-order valence-corrected chi connectivity index (χ1v) is 13.0. The second-order valence-electron chi connectivity index (χ2n) is 10.3. The van der Waals surface area contributed by atoms with E-state index >= 15 is 0 Å². The van der Waals surface area contributed by atoms with Gasteiger partial charge in [0.15, 0.2) is 8.32 Å². The lowest BCUT2D eigenvalue weighted by Gasteiger charge is -2.48. The summed E-state index contributed by atoms with van der Waals surface area (Å²) in [7, 11) is -2.25. The van der Waals surface area contributed by atoms with Crippen LogP contribution in [0.5, 0.6) is 0 Å². The fourth-order valence-corrected chi connectivity index (χ4v) is 4.77. The Balaban J connectivity index is 2.55. The summed E-state index contributed by atoms with van der Waals surface area (Å²) >= 11 is 0. The zero-order chi connectivity index (χ0) is 22.3. The molecule has 0 fully saturated rings. The Morgan fingerprint density at radius 1 is 1.00 bits per heavy atom. The first-order valence-electron chi connectivity index (χ1n) is 10.1. The van der Waals surface area contributed by atoms with Crippen molar-refractivity contribution in [2.45, 2.75) is 83.8 Å². The van der Waals surface area contributed by atoms with Crippen molar-refractivity contribution in [1.82, 2.24) is 4.90 Å². The summed E-state index contributed by atoms with van der Waals surface area (Å²) in [4.78, 5) is 26.8. The van der Waals surface area contributed by atoms with Crippen LogP contribution in [0.4, 0.5) is 4.79 Å². The van der Waals surface area contributed by atoms with E-state index in [2.05, 4.69) is 33.9 Å². The van der Waals surface area contributed by atoms with E-state index < -0.39 is 31.7 Å². The molecule has 1 aromatic carbocycles. The number of hydrogen-bond acceptors (Lipinski definition) is 4. The molecule has 0 saturated carbocycles. The molecule has 2 rings (SSSR count). The minimum absolute atomic E-state index is 0.0356. The normalized spacial score (nSPS) is 20.0. The molecule has 0 saturated heterocycles. The number of benzene rings is 1. The van der Waals surface area contributed by atoms with Gasteiger partial charge in [0.05, 0.1) is 6.04 Å². The van der Waals surface area contributed by atoms with Crippen molar-refractivity contribution in [2.24, 2.45) is 0 Å². The zero-order valence-electron chi connectivity index (χ0n) is 19.2. The Morgan fingerprint density at radius 2 is 1.55 bits per heavy atom. The summed E-state index contributed by atoms with van der Waals surface area (Å²) in [5.74, 6) is -0.384. The monoisotopic (exact) mass is 417 g/mol. The molecule has 1 heterocycles. The third-order valence-electron chi connectivity index (χ3n) is 5.71. The standard InChI is InChI=1S/C23H35NO4Si/c1-21(2,3)27-20(26)24-18(15-16-19(24)25)23(7,17-13-11-10-12-14-17)28-29(8,9)22(4,5)6/h10-16,18H,1-9H3/t18?,23-/m0/s1. The third kappa shape index (κ3) is 4.98. The average Bonchev–Trinajstić information content (AvgIpc) is 2.95. The molecule has 1 aliphatic heterocycles. The van der Waals surface area contributed by atoms with E-state index in [1.807, 2.05) is 37.3 Å². The minimum Gasteiger partial charge on any atom is -0.443 e. The molecule has 0 spiro atoms. The zero-order valence-corrected chi connectivity index (χ0v) is 20.2. The molecule has 2 amide bonds. The van der Waals surface area contributed by atoms with Gasteiger partial charge in [-0.3, -0.25) is 4.79 Å². The van der Waals surface area contributed by atoms with Crippen molar-refractivity contribution < 1.29 is 18.8 Å². The quantitative estimate of drug-likeness (QED) is 0.596. The maximum atomic E-state index is 12.9. The second kappa shape index (κ2) is 7.72. The van der Waals surface area contributed by atoms with E-state index in [-0.39, 0.29) is 10.9 Å². The molecular formula is C23H35NO4Si. The van der Waals surface area contributed by atoms with E-state index in [1.165, 1.54) is 11.0 Å². The van der Waals surface area contributed by atoms with Crippen molar-refractivity contribution in [2.75, 3.05) is 0 Å². The van der Waals surface area contributed by atoms with Gasteiger partial charge < -0.3 is 9.16 Å². The van der Waals surface area contributed by atoms with Crippen LogP contribution in [0.2, 0.25) is 18.1 Å². The van der Waals surface area contributed by atoms with Gasteiger partial charge in [0, 0.05) is 6.08 Å². The first-order chi connectivity index (χ1) is 13.1. The van der Waals surface area contributed by atoms with Crippen LogP contribution in [-0.4, -0.2) is 36.9 Å². The molecule has 0 aromatic heterocycles. The van der Waals surface area contributed by atoms with Crippen LogP contribution >= 0.6 is 0 Å². The third-order valence-corrected chi connectivity index (χ3v) is 10.3. The Bertz CT molecular complexity index is 789. The summed E-state index contributed by atoms with van der Waals surface area (Å²) in [6.07, 6.45) is 2.54. The van der Waals surface area contributed by atoms with Gasteiger partial charge in [-0.05, 0) is 51.4 Å². The molecule has 0 aliphatic carbocycles. The smallest absolute Gasteiger partial charge is 0.417 e. The van der Waals surface area contributed by atoms with Gasteiger partial charge in [0.25, 0.3) is 5.91 Å². The molecule has 1 aliphatic rings. The maximum Gasteiger partial charge on any atom is 0.417 e. The predicted octanol–water partition coefficient (Wildman–Crippen LogP) is 5.63. The lowest BCUT2D eigenvalue weighted by Crippen LogP contribution is -2.57. The van der Waals surface area contributed by atoms with Gasteiger partial charge in [0.1, 0.15) is 11.2 Å². The molecule has 6 heteroatoms. The summed E-state index contributed by atoms with van der Waals surface area (Å²) in [5, 5.41) is -0.0356. The van der Waals surface area contributed by atoms with E-state index in [0.717, 1.165) is 5.56 Å². The number of nitrogens with zero attached hydrogens (tertiary/aromatic N) is 1. The van der Waals surface area contributed by atoms with E-state index in [9.17, 15) is 9.59 Å². The van der Waals surface area contributed by atoms with Crippen LogP contribution in [0.25, 0.3) is 0 Å².